The Morgan fingerprint density at radius 1 is 1.35 bits per heavy atom. The number of benzene rings is 1. The molecule has 26 heavy (non-hydrogen) atoms. The zero-order chi connectivity index (χ0) is 18.3. The number of ether oxygens (including phenoxy) is 1. The topological polar surface area (TPSA) is 87.9 Å². The van der Waals surface area contributed by atoms with Crippen LogP contribution in [-0.2, 0) is 18.4 Å². The fourth-order valence-electron chi connectivity index (χ4n) is 3.42. The van der Waals surface area contributed by atoms with Gasteiger partial charge < -0.3 is 19.6 Å². The summed E-state index contributed by atoms with van der Waals surface area (Å²) in [7, 11) is 1.78. The summed E-state index contributed by atoms with van der Waals surface area (Å²) in [5.41, 5.74) is 1.59. The van der Waals surface area contributed by atoms with E-state index in [1.165, 1.54) is 4.90 Å². The minimum Gasteiger partial charge on any atom is -0.482 e. The molecule has 1 fully saturated rings. The highest BCUT2D eigenvalue weighted by Crippen LogP contribution is 2.23. The summed E-state index contributed by atoms with van der Waals surface area (Å²) in [5.74, 6) is 0.232. The molecule has 4 rings (SSSR count). The predicted molar refractivity (Wildman–Crippen MR) is 91.4 cm³/mol. The van der Waals surface area contributed by atoms with Crippen molar-refractivity contribution in [2.75, 3.05) is 19.6 Å². The van der Waals surface area contributed by atoms with Gasteiger partial charge in [-0.25, -0.2) is 0 Å². The van der Waals surface area contributed by atoms with Gasteiger partial charge in [-0.15, -0.1) is 0 Å². The summed E-state index contributed by atoms with van der Waals surface area (Å²) < 4.78 is 7.33. The zero-order valence-corrected chi connectivity index (χ0v) is 14.4. The van der Waals surface area contributed by atoms with Crippen LogP contribution in [0.15, 0.2) is 36.7 Å². The van der Waals surface area contributed by atoms with Crippen molar-refractivity contribution >= 4 is 11.8 Å². The number of amides is 2. The van der Waals surface area contributed by atoms with Crippen molar-refractivity contribution in [2.24, 2.45) is 7.05 Å². The van der Waals surface area contributed by atoms with Crippen LogP contribution in [0.25, 0.3) is 0 Å². The Morgan fingerprint density at radius 3 is 2.88 bits per heavy atom. The molecule has 0 unspecified atom stereocenters. The Balaban J connectivity index is 1.37. The molecule has 0 aliphatic carbocycles. The summed E-state index contributed by atoms with van der Waals surface area (Å²) in [4.78, 5) is 28.1. The third kappa shape index (κ3) is 3.03. The molecule has 1 aromatic heterocycles. The number of fused-ring (bicyclic) bond motifs is 1. The first-order chi connectivity index (χ1) is 12.5. The summed E-state index contributed by atoms with van der Waals surface area (Å²) in [5, 5.41) is 14.2. The SMILES string of the molecule is Cn1cc(O[C@@H]2CN(C(=O)CN3Cc4ccccc4C3=O)C[C@H]2O)cn1. The van der Waals surface area contributed by atoms with E-state index in [1.54, 1.807) is 35.1 Å². The number of aliphatic hydroxyl groups excluding tert-OH is 1. The van der Waals surface area contributed by atoms with Crippen molar-refractivity contribution in [2.45, 2.75) is 18.8 Å². The molecule has 1 saturated heterocycles. The van der Waals surface area contributed by atoms with Crippen molar-refractivity contribution in [1.82, 2.24) is 19.6 Å². The highest BCUT2D eigenvalue weighted by Gasteiger charge is 2.37. The average molecular weight is 356 g/mol. The summed E-state index contributed by atoms with van der Waals surface area (Å²) in [6, 6.07) is 7.38. The Bertz CT molecular complexity index is 849. The lowest BCUT2D eigenvalue weighted by atomic mass is 10.1. The van der Waals surface area contributed by atoms with E-state index in [1.807, 2.05) is 18.2 Å². The van der Waals surface area contributed by atoms with E-state index in [2.05, 4.69) is 5.10 Å². The second-order valence-electron chi connectivity index (χ2n) is 6.69. The van der Waals surface area contributed by atoms with Gasteiger partial charge in [0, 0.05) is 19.2 Å². The van der Waals surface area contributed by atoms with E-state index in [0.717, 1.165) is 5.56 Å². The summed E-state index contributed by atoms with van der Waals surface area (Å²) in [6.45, 7) is 0.912. The van der Waals surface area contributed by atoms with Crippen LogP contribution in [0.2, 0.25) is 0 Å². The Labute approximate surface area is 150 Å². The van der Waals surface area contributed by atoms with Gasteiger partial charge >= 0.3 is 0 Å². The molecule has 2 aromatic rings. The van der Waals surface area contributed by atoms with Gasteiger partial charge in [0.05, 0.1) is 25.5 Å². The molecule has 8 heteroatoms. The second kappa shape index (κ2) is 6.45. The number of aromatic nitrogens is 2. The molecule has 136 valence electrons. The third-order valence-corrected chi connectivity index (χ3v) is 4.78. The molecule has 2 amide bonds. The van der Waals surface area contributed by atoms with Gasteiger partial charge in [0.1, 0.15) is 18.8 Å². The lowest BCUT2D eigenvalue weighted by Gasteiger charge is -2.21. The van der Waals surface area contributed by atoms with Gasteiger partial charge in [0.2, 0.25) is 5.91 Å². The monoisotopic (exact) mass is 356 g/mol. The predicted octanol–water partition coefficient (Wildman–Crippen LogP) is 0.0266. The molecule has 2 aliphatic rings. The van der Waals surface area contributed by atoms with Crippen molar-refractivity contribution in [3.05, 3.63) is 47.8 Å². The van der Waals surface area contributed by atoms with Crippen LogP contribution in [0.1, 0.15) is 15.9 Å². The molecule has 1 N–H and O–H groups in total. The number of carbonyl (C=O) groups excluding carboxylic acids is 2. The number of β-amino-alcohol motifs (C(OH)–C–C–N with tert-alkyl or cyclic N) is 1. The van der Waals surface area contributed by atoms with Crippen LogP contribution < -0.4 is 4.74 Å². The van der Waals surface area contributed by atoms with E-state index in [9.17, 15) is 14.7 Å². The molecule has 2 atom stereocenters. The number of aliphatic hydroxyl groups is 1. The Kier molecular flexibility index (Phi) is 4.12. The molecule has 2 aliphatic heterocycles. The van der Waals surface area contributed by atoms with Crippen LogP contribution in [-0.4, -0.2) is 68.3 Å². The number of hydrogen-bond acceptors (Lipinski definition) is 5. The molecule has 0 saturated carbocycles. The van der Waals surface area contributed by atoms with E-state index in [0.29, 0.717) is 17.9 Å². The molecule has 3 heterocycles. The minimum atomic E-state index is -0.773. The Hall–Kier alpha value is -2.87. The molecular weight excluding hydrogens is 336 g/mol. The first-order valence-electron chi connectivity index (χ1n) is 8.49. The number of nitrogens with zero attached hydrogens (tertiary/aromatic N) is 4. The first kappa shape index (κ1) is 16.6. The van der Waals surface area contributed by atoms with Crippen molar-refractivity contribution in [3.8, 4) is 5.75 Å². The minimum absolute atomic E-state index is 0.000153. The van der Waals surface area contributed by atoms with Gasteiger partial charge in [0.15, 0.2) is 5.75 Å². The van der Waals surface area contributed by atoms with Crippen LogP contribution in [0, 0.1) is 0 Å². The number of aryl methyl sites for hydroxylation is 1. The van der Waals surface area contributed by atoms with Crippen LogP contribution in [0.4, 0.5) is 0 Å². The lowest BCUT2D eigenvalue weighted by molar-refractivity contribution is -0.131. The second-order valence-corrected chi connectivity index (χ2v) is 6.69. The maximum absolute atomic E-state index is 12.6. The average Bonchev–Trinajstić information content (AvgIpc) is 3.28. The van der Waals surface area contributed by atoms with Crippen LogP contribution in [0.3, 0.4) is 0 Å². The molecule has 0 radical (unpaired) electrons. The summed E-state index contributed by atoms with van der Waals surface area (Å²) in [6.07, 6.45) is 1.99. The van der Waals surface area contributed by atoms with Gasteiger partial charge in [-0.1, -0.05) is 18.2 Å². The van der Waals surface area contributed by atoms with E-state index < -0.39 is 12.2 Å². The fraction of sp³-hybridized carbons (Fsp3) is 0.389. The fourth-order valence-corrected chi connectivity index (χ4v) is 3.42. The number of rotatable bonds is 4. The quantitative estimate of drug-likeness (QED) is 0.835. The molecule has 8 nitrogen and oxygen atoms in total. The van der Waals surface area contributed by atoms with E-state index >= 15 is 0 Å². The highest BCUT2D eigenvalue weighted by molar-refractivity contribution is 6.00. The van der Waals surface area contributed by atoms with Crippen molar-refractivity contribution in [3.63, 3.8) is 0 Å². The Morgan fingerprint density at radius 2 is 2.15 bits per heavy atom. The van der Waals surface area contributed by atoms with Crippen molar-refractivity contribution in [1.29, 1.82) is 0 Å². The molecular formula is C18H20N4O4. The molecule has 1 aromatic carbocycles. The van der Waals surface area contributed by atoms with Gasteiger partial charge in [0.25, 0.3) is 5.91 Å². The van der Waals surface area contributed by atoms with Crippen molar-refractivity contribution < 1.29 is 19.4 Å². The maximum atomic E-state index is 12.6. The normalized spacial score (nSPS) is 22.0. The van der Waals surface area contributed by atoms with Gasteiger partial charge in [-0.3, -0.25) is 14.3 Å². The van der Waals surface area contributed by atoms with Crippen LogP contribution in [0.5, 0.6) is 5.75 Å². The van der Waals surface area contributed by atoms with E-state index in [4.69, 9.17) is 4.74 Å². The first-order valence-corrected chi connectivity index (χ1v) is 8.49. The lowest BCUT2D eigenvalue weighted by Crippen LogP contribution is -2.40. The highest BCUT2D eigenvalue weighted by atomic mass is 16.5. The largest absolute Gasteiger partial charge is 0.482 e. The molecule has 0 bridgehead atoms. The van der Waals surface area contributed by atoms with E-state index in [-0.39, 0.29) is 31.4 Å². The summed E-state index contributed by atoms with van der Waals surface area (Å²) >= 11 is 0. The smallest absolute Gasteiger partial charge is 0.254 e. The van der Waals surface area contributed by atoms with Crippen LogP contribution >= 0.6 is 0 Å². The van der Waals surface area contributed by atoms with Gasteiger partial charge in [-0.05, 0) is 11.6 Å². The third-order valence-electron chi connectivity index (χ3n) is 4.78. The molecule has 0 spiro atoms. The number of carbonyl (C=O) groups is 2. The number of likely N-dealkylation sites (tertiary alicyclic amines) is 1. The maximum Gasteiger partial charge on any atom is 0.254 e. The zero-order valence-electron chi connectivity index (χ0n) is 14.4. The van der Waals surface area contributed by atoms with Gasteiger partial charge in [-0.2, -0.15) is 5.10 Å². The standard InChI is InChI=1S/C18H20N4O4/c1-20-8-13(6-19-20)26-16-10-21(9-15(16)23)17(24)11-22-7-12-4-2-3-5-14(12)18(22)25/h2-6,8,15-16,23H,7,9-11H2,1H3/t15-,16-/m1/s1. The number of hydrogen-bond donors (Lipinski definition) is 1.